The molecule has 1 atom stereocenters. The van der Waals surface area contributed by atoms with Gasteiger partial charge in [0.2, 0.25) is 0 Å². The number of nitrogens with zero attached hydrogens (tertiary/aromatic N) is 3. The summed E-state index contributed by atoms with van der Waals surface area (Å²) in [6, 6.07) is 6.54. The van der Waals surface area contributed by atoms with Crippen LogP contribution in [-0.2, 0) is 0 Å². The van der Waals surface area contributed by atoms with Crippen molar-refractivity contribution < 1.29 is 0 Å². The van der Waals surface area contributed by atoms with E-state index in [0.717, 1.165) is 30.1 Å². The third-order valence-electron chi connectivity index (χ3n) is 3.98. The van der Waals surface area contributed by atoms with Gasteiger partial charge >= 0.3 is 0 Å². The molecule has 0 aromatic carbocycles. The van der Waals surface area contributed by atoms with Crippen LogP contribution >= 0.6 is 15.9 Å². The van der Waals surface area contributed by atoms with Gasteiger partial charge in [-0.2, -0.15) is 0 Å². The summed E-state index contributed by atoms with van der Waals surface area (Å²) < 4.78 is 0.878. The Balaban J connectivity index is 1.92. The number of hydrogen-bond donors (Lipinski definition) is 1. The van der Waals surface area contributed by atoms with E-state index in [1.165, 1.54) is 13.1 Å². The number of halogens is 1. The fourth-order valence-electron chi connectivity index (χ4n) is 2.66. The average Bonchev–Trinajstić information content (AvgIpc) is 2.41. The fraction of sp³-hybridized carbons (Fsp3) is 0.667. The molecule has 112 valence electrons. The third-order valence-corrected chi connectivity index (χ3v) is 4.43. The zero-order chi connectivity index (χ0) is 14.5. The van der Waals surface area contributed by atoms with Crippen LogP contribution in [0.5, 0.6) is 0 Å². The first kappa shape index (κ1) is 15.7. The zero-order valence-corrected chi connectivity index (χ0v) is 14.2. The van der Waals surface area contributed by atoms with Gasteiger partial charge in [-0.1, -0.05) is 19.9 Å². The van der Waals surface area contributed by atoms with E-state index >= 15 is 0 Å². The van der Waals surface area contributed by atoms with Gasteiger partial charge in [-0.3, -0.25) is 4.90 Å². The number of anilines is 1. The van der Waals surface area contributed by atoms with E-state index in [1.54, 1.807) is 0 Å². The van der Waals surface area contributed by atoms with Crippen LogP contribution in [0.3, 0.4) is 0 Å². The summed E-state index contributed by atoms with van der Waals surface area (Å²) in [7, 11) is 2.20. The summed E-state index contributed by atoms with van der Waals surface area (Å²) in [6.07, 6.45) is 0. The fourth-order valence-corrected chi connectivity index (χ4v) is 3.00. The van der Waals surface area contributed by atoms with Crippen LogP contribution in [0.25, 0.3) is 0 Å². The Bertz CT molecular complexity index is 416. The van der Waals surface area contributed by atoms with Crippen LogP contribution in [0.1, 0.15) is 13.8 Å². The van der Waals surface area contributed by atoms with E-state index in [0.29, 0.717) is 12.0 Å². The first-order valence-electron chi connectivity index (χ1n) is 7.35. The molecular formula is C15H25BrN4. The molecule has 0 saturated carbocycles. The Morgan fingerprint density at radius 2 is 1.95 bits per heavy atom. The van der Waals surface area contributed by atoms with Gasteiger partial charge in [0.05, 0.1) is 0 Å². The van der Waals surface area contributed by atoms with Crippen molar-refractivity contribution in [3.8, 4) is 0 Å². The molecule has 1 fully saturated rings. The highest BCUT2D eigenvalue weighted by Gasteiger charge is 2.24. The van der Waals surface area contributed by atoms with E-state index in [2.05, 4.69) is 56.9 Å². The second-order valence-corrected chi connectivity index (χ2v) is 6.69. The number of rotatable bonds is 5. The molecule has 2 heterocycles. The minimum absolute atomic E-state index is 0.560. The second-order valence-electron chi connectivity index (χ2n) is 5.88. The predicted octanol–water partition coefficient (Wildman–Crippen LogP) is 2.53. The molecule has 0 bridgehead atoms. The number of likely N-dealkylation sites (N-methyl/N-ethyl adjacent to an activating group) is 1. The van der Waals surface area contributed by atoms with Crippen molar-refractivity contribution in [1.82, 2.24) is 14.8 Å². The molecule has 1 unspecified atom stereocenters. The summed E-state index contributed by atoms with van der Waals surface area (Å²) in [4.78, 5) is 9.45. The SMILES string of the molecule is CC(C)C(CNc1cccc(Br)n1)N1CCN(C)CC1. The first-order chi connectivity index (χ1) is 9.56. The Labute approximate surface area is 130 Å². The Kier molecular flexibility index (Phi) is 5.81. The van der Waals surface area contributed by atoms with Crippen LogP contribution in [0, 0.1) is 5.92 Å². The molecule has 1 aromatic rings. The van der Waals surface area contributed by atoms with Crippen molar-refractivity contribution in [2.24, 2.45) is 5.92 Å². The highest BCUT2D eigenvalue weighted by atomic mass is 79.9. The molecule has 20 heavy (non-hydrogen) atoms. The summed E-state index contributed by atoms with van der Waals surface area (Å²) in [5.74, 6) is 1.58. The highest BCUT2D eigenvalue weighted by molar-refractivity contribution is 9.10. The summed E-state index contributed by atoms with van der Waals surface area (Å²) in [5, 5.41) is 3.48. The summed E-state index contributed by atoms with van der Waals surface area (Å²) >= 11 is 3.41. The van der Waals surface area contributed by atoms with E-state index < -0.39 is 0 Å². The third kappa shape index (κ3) is 4.43. The van der Waals surface area contributed by atoms with Crippen LogP contribution in [0.2, 0.25) is 0 Å². The van der Waals surface area contributed by atoms with Gasteiger partial charge in [0, 0.05) is 38.8 Å². The number of pyridine rings is 1. The van der Waals surface area contributed by atoms with Gasteiger partial charge in [-0.05, 0) is 41.0 Å². The quantitative estimate of drug-likeness (QED) is 0.834. The minimum Gasteiger partial charge on any atom is -0.368 e. The second kappa shape index (κ2) is 7.38. The molecule has 2 rings (SSSR count). The van der Waals surface area contributed by atoms with Gasteiger partial charge in [0.15, 0.2) is 0 Å². The number of hydrogen-bond acceptors (Lipinski definition) is 4. The molecule has 1 aliphatic heterocycles. The van der Waals surface area contributed by atoms with Crippen LogP contribution in [0.4, 0.5) is 5.82 Å². The van der Waals surface area contributed by atoms with Gasteiger partial charge in [0.1, 0.15) is 10.4 Å². The maximum atomic E-state index is 4.44. The van der Waals surface area contributed by atoms with Crippen LogP contribution < -0.4 is 5.32 Å². The zero-order valence-electron chi connectivity index (χ0n) is 12.6. The molecule has 4 nitrogen and oxygen atoms in total. The molecule has 0 amide bonds. The molecule has 0 aliphatic carbocycles. The molecule has 1 saturated heterocycles. The monoisotopic (exact) mass is 340 g/mol. The standard InChI is InChI=1S/C15H25BrN4/c1-12(2)13(20-9-7-19(3)8-10-20)11-17-15-6-4-5-14(16)18-15/h4-6,12-13H,7-11H2,1-3H3,(H,17,18). The number of piperazine rings is 1. The first-order valence-corrected chi connectivity index (χ1v) is 8.14. The largest absolute Gasteiger partial charge is 0.368 e. The Morgan fingerprint density at radius 1 is 1.25 bits per heavy atom. The minimum atomic E-state index is 0.560. The maximum absolute atomic E-state index is 4.44. The van der Waals surface area contributed by atoms with Gasteiger partial charge in [-0.15, -0.1) is 0 Å². The van der Waals surface area contributed by atoms with E-state index in [4.69, 9.17) is 0 Å². The van der Waals surface area contributed by atoms with E-state index in [-0.39, 0.29) is 0 Å². The lowest BCUT2D eigenvalue weighted by Gasteiger charge is -2.40. The molecule has 5 heteroatoms. The smallest absolute Gasteiger partial charge is 0.127 e. The Hall–Kier alpha value is -0.650. The van der Waals surface area contributed by atoms with E-state index in [9.17, 15) is 0 Å². The van der Waals surface area contributed by atoms with Crippen LogP contribution in [0.15, 0.2) is 22.8 Å². The van der Waals surface area contributed by atoms with E-state index in [1.807, 2.05) is 18.2 Å². The molecule has 0 radical (unpaired) electrons. The lowest BCUT2D eigenvalue weighted by molar-refractivity contribution is 0.0944. The van der Waals surface area contributed by atoms with Gasteiger partial charge in [0.25, 0.3) is 0 Å². The van der Waals surface area contributed by atoms with Crippen molar-refractivity contribution in [1.29, 1.82) is 0 Å². The molecule has 1 aliphatic rings. The highest BCUT2D eigenvalue weighted by Crippen LogP contribution is 2.15. The molecule has 1 aromatic heterocycles. The number of aromatic nitrogens is 1. The van der Waals surface area contributed by atoms with Crippen molar-refractivity contribution in [2.75, 3.05) is 45.1 Å². The Morgan fingerprint density at radius 3 is 2.55 bits per heavy atom. The van der Waals surface area contributed by atoms with Crippen molar-refractivity contribution in [2.45, 2.75) is 19.9 Å². The molecular weight excluding hydrogens is 316 g/mol. The van der Waals surface area contributed by atoms with Crippen molar-refractivity contribution in [3.05, 3.63) is 22.8 Å². The maximum Gasteiger partial charge on any atom is 0.127 e. The molecule has 1 N–H and O–H groups in total. The van der Waals surface area contributed by atoms with Crippen molar-refractivity contribution >= 4 is 21.7 Å². The average molecular weight is 341 g/mol. The molecule has 0 spiro atoms. The normalized spacial score (nSPS) is 19.2. The van der Waals surface area contributed by atoms with Crippen LogP contribution in [-0.4, -0.2) is 60.6 Å². The van der Waals surface area contributed by atoms with Crippen molar-refractivity contribution in [3.63, 3.8) is 0 Å². The summed E-state index contributed by atoms with van der Waals surface area (Å²) in [6.45, 7) is 10.2. The van der Waals surface area contributed by atoms with Gasteiger partial charge in [-0.25, -0.2) is 4.98 Å². The lowest BCUT2D eigenvalue weighted by Crippen LogP contribution is -2.52. The van der Waals surface area contributed by atoms with Gasteiger partial charge < -0.3 is 10.2 Å². The topological polar surface area (TPSA) is 31.4 Å². The predicted molar refractivity (Wildman–Crippen MR) is 88.1 cm³/mol. The number of nitrogens with one attached hydrogen (secondary N) is 1. The summed E-state index contributed by atoms with van der Waals surface area (Å²) in [5.41, 5.74) is 0. The lowest BCUT2D eigenvalue weighted by atomic mass is 10.0.